The molecular weight excluding hydrogens is 453 g/mol. The van der Waals surface area contributed by atoms with Crippen LogP contribution in [0.2, 0.25) is 0 Å². The molecule has 0 bridgehead atoms. The lowest BCUT2D eigenvalue weighted by Crippen LogP contribution is -2.53. The van der Waals surface area contributed by atoms with Crippen LogP contribution in [0.3, 0.4) is 0 Å². The van der Waals surface area contributed by atoms with Crippen molar-refractivity contribution >= 4 is 35.6 Å². The van der Waals surface area contributed by atoms with Crippen LogP contribution in [0.4, 0.5) is 0 Å². The minimum Gasteiger partial charge on any atom is -0.357 e. The van der Waals surface area contributed by atoms with Crippen molar-refractivity contribution < 1.29 is 0 Å². The molecule has 0 saturated carbocycles. The number of hydrogen-bond donors (Lipinski definition) is 1. The topological polar surface area (TPSA) is 61.1 Å². The molecule has 1 saturated heterocycles. The summed E-state index contributed by atoms with van der Waals surface area (Å²) in [5.41, 5.74) is 0.889. The van der Waals surface area contributed by atoms with Gasteiger partial charge in [-0.1, -0.05) is 19.9 Å². The molecule has 1 N–H and O–H groups in total. The van der Waals surface area contributed by atoms with E-state index >= 15 is 0 Å². The average Bonchev–Trinajstić information content (AvgIpc) is 3.05. The molecule has 2 aromatic rings. The highest BCUT2D eigenvalue weighted by molar-refractivity contribution is 14.0. The summed E-state index contributed by atoms with van der Waals surface area (Å²) in [6, 6.07) is 5.96. The molecule has 0 spiro atoms. The number of fused-ring (bicyclic) bond motifs is 1. The lowest BCUT2D eigenvalue weighted by molar-refractivity contribution is 0.164. The molecule has 27 heavy (non-hydrogen) atoms. The monoisotopic (exact) mass is 485 g/mol. The minimum atomic E-state index is 0. The number of nitrogens with one attached hydrogen (secondary N) is 1. The second-order valence-electron chi connectivity index (χ2n) is 7.21. The number of rotatable bonds is 6. The van der Waals surface area contributed by atoms with Gasteiger partial charge < -0.3 is 10.2 Å². The van der Waals surface area contributed by atoms with Crippen molar-refractivity contribution in [2.45, 2.75) is 27.2 Å². The first-order chi connectivity index (χ1) is 12.7. The van der Waals surface area contributed by atoms with E-state index in [-0.39, 0.29) is 24.0 Å². The molecule has 8 heteroatoms. The van der Waals surface area contributed by atoms with E-state index in [0.29, 0.717) is 6.54 Å². The van der Waals surface area contributed by atoms with Crippen molar-refractivity contribution in [2.75, 3.05) is 45.8 Å². The predicted octanol–water partition coefficient (Wildman–Crippen LogP) is 2.13. The van der Waals surface area contributed by atoms with Crippen LogP contribution < -0.4 is 5.32 Å². The minimum absolute atomic E-state index is 0. The van der Waals surface area contributed by atoms with Gasteiger partial charge in [-0.15, -0.1) is 34.2 Å². The largest absolute Gasteiger partial charge is 0.357 e. The first-order valence-corrected chi connectivity index (χ1v) is 9.71. The zero-order chi connectivity index (χ0) is 18.4. The summed E-state index contributed by atoms with van der Waals surface area (Å²) in [4.78, 5) is 9.76. The van der Waals surface area contributed by atoms with Gasteiger partial charge in [-0.05, 0) is 25.0 Å². The molecule has 150 valence electrons. The number of pyridine rings is 1. The molecule has 1 aliphatic heterocycles. The number of aliphatic imine (C=N–C) groups is 1. The molecule has 0 aromatic carbocycles. The maximum Gasteiger partial charge on any atom is 0.194 e. The third-order valence-electron chi connectivity index (χ3n) is 4.61. The summed E-state index contributed by atoms with van der Waals surface area (Å²) in [6.07, 6.45) is 2.79. The number of guanidine groups is 1. The van der Waals surface area contributed by atoms with Crippen LogP contribution in [0.1, 0.15) is 26.6 Å². The van der Waals surface area contributed by atoms with Gasteiger partial charge in [-0.25, -0.2) is 0 Å². The predicted molar refractivity (Wildman–Crippen MR) is 121 cm³/mol. The Morgan fingerprint density at radius 1 is 1.19 bits per heavy atom. The summed E-state index contributed by atoms with van der Waals surface area (Å²) in [5.74, 6) is 2.70. The van der Waals surface area contributed by atoms with Gasteiger partial charge in [-0.3, -0.25) is 14.3 Å². The molecular formula is C19H32IN7. The number of nitrogens with zero attached hydrogens (tertiary/aromatic N) is 6. The number of piperazine rings is 1. The van der Waals surface area contributed by atoms with E-state index in [0.717, 1.165) is 62.5 Å². The van der Waals surface area contributed by atoms with E-state index in [1.165, 1.54) is 6.54 Å². The van der Waals surface area contributed by atoms with Crippen molar-refractivity contribution in [1.29, 1.82) is 0 Å². The van der Waals surface area contributed by atoms with Gasteiger partial charge in [-0.2, -0.15) is 0 Å². The zero-order valence-electron chi connectivity index (χ0n) is 16.6. The van der Waals surface area contributed by atoms with Gasteiger partial charge >= 0.3 is 0 Å². The van der Waals surface area contributed by atoms with Crippen LogP contribution >= 0.6 is 24.0 Å². The first-order valence-electron chi connectivity index (χ1n) is 9.71. The third kappa shape index (κ3) is 6.03. The van der Waals surface area contributed by atoms with E-state index in [4.69, 9.17) is 4.99 Å². The van der Waals surface area contributed by atoms with Crippen molar-refractivity contribution in [3.8, 4) is 0 Å². The quantitative estimate of drug-likeness (QED) is 0.386. The molecule has 1 aliphatic rings. The molecule has 0 unspecified atom stereocenters. The molecule has 1 fully saturated rings. The lowest BCUT2D eigenvalue weighted by atomic mass is 10.2. The number of hydrogen-bond acceptors (Lipinski definition) is 4. The van der Waals surface area contributed by atoms with Gasteiger partial charge in [0.05, 0.1) is 0 Å². The van der Waals surface area contributed by atoms with Crippen LogP contribution in [-0.2, 0) is 6.42 Å². The summed E-state index contributed by atoms with van der Waals surface area (Å²) in [7, 11) is 0. The van der Waals surface area contributed by atoms with E-state index in [2.05, 4.69) is 46.1 Å². The van der Waals surface area contributed by atoms with Crippen molar-refractivity contribution in [1.82, 2.24) is 29.7 Å². The Morgan fingerprint density at radius 3 is 2.67 bits per heavy atom. The smallest absolute Gasteiger partial charge is 0.194 e. The van der Waals surface area contributed by atoms with Crippen LogP contribution in [0, 0.1) is 5.92 Å². The Balaban J connectivity index is 0.00000261. The summed E-state index contributed by atoms with van der Waals surface area (Å²) >= 11 is 0. The maximum atomic E-state index is 4.84. The zero-order valence-corrected chi connectivity index (χ0v) is 19.0. The summed E-state index contributed by atoms with van der Waals surface area (Å²) in [6.45, 7) is 13.8. The van der Waals surface area contributed by atoms with Gasteiger partial charge in [0, 0.05) is 58.4 Å². The highest BCUT2D eigenvalue weighted by Crippen LogP contribution is 2.07. The standard InChI is InChI=1S/C19H31N7.HI/c1-4-20-19(25-13-11-24(12-14-25)15-16(2)3)21-9-8-18-23-22-17-7-5-6-10-26(17)18;/h5-7,10,16H,4,8-9,11-15H2,1-3H3,(H,20,21);1H. The molecule has 3 heterocycles. The average molecular weight is 485 g/mol. The van der Waals surface area contributed by atoms with E-state index in [1.807, 2.05) is 28.8 Å². The fourth-order valence-electron chi connectivity index (χ4n) is 3.41. The Kier molecular flexibility index (Phi) is 8.75. The summed E-state index contributed by atoms with van der Waals surface area (Å²) in [5, 5.41) is 11.9. The van der Waals surface area contributed by atoms with E-state index in [1.54, 1.807) is 0 Å². The number of halogens is 1. The van der Waals surface area contributed by atoms with E-state index in [9.17, 15) is 0 Å². The fourth-order valence-corrected chi connectivity index (χ4v) is 3.41. The second-order valence-corrected chi connectivity index (χ2v) is 7.21. The first kappa shape index (κ1) is 21.9. The Hall–Kier alpha value is -1.42. The van der Waals surface area contributed by atoms with Gasteiger partial charge in [0.2, 0.25) is 0 Å². The van der Waals surface area contributed by atoms with Crippen LogP contribution in [-0.4, -0.2) is 76.2 Å². The fraction of sp³-hybridized carbons (Fsp3) is 0.632. The Morgan fingerprint density at radius 2 is 1.96 bits per heavy atom. The molecule has 3 rings (SSSR count). The highest BCUT2D eigenvalue weighted by Gasteiger charge is 2.19. The van der Waals surface area contributed by atoms with Crippen LogP contribution in [0.25, 0.3) is 5.65 Å². The van der Waals surface area contributed by atoms with Crippen molar-refractivity contribution in [3.63, 3.8) is 0 Å². The SMILES string of the molecule is CCNC(=NCCc1nnc2ccccn12)N1CCN(CC(C)C)CC1.I. The highest BCUT2D eigenvalue weighted by atomic mass is 127. The van der Waals surface area contributed by atoms with Gasteiger partial charge in [0.15, 0.2) is 11.6 Å². The molecule has 0 aliphatic carbocycles. The van der Waals surface area contributed by atoms with Crippen LogP contribution in [0.5, 0.6) is 0 Å². The van der Waals surface area contributed by atoms with Crippen molar-refractivity contribution in [2.24, 2.45) is 10.9 Å². The molecule has 0 amide bonds. The second kappa shape index (κ2) is 10.8. The lowest BCUT2D eigenvalue weighted by Gasteiger charge is -2.37. The molecule has 0 radical (unpaired) electrons. The third-order valence-corrected chi connectivity index (χ3v) is 4.61. The summed E-state index contributed by atoms with van der Waals surface area (Å²) < 4.78 is 2.03. The van der Waals surface area contributed by atoms with Crippen molar-refractivity contribution in [3.05, 3.63) is 30.2 Å². The van der Waals surface area contributed by atoms with Gasteiger partial charge in [0.25, 0.3) is 0 Å². The van der Waals surface area contributed by atoms with Gasteiger partial charge in [0.1, 0.15) is 5.82 Å². The normalized spacial score (nSPS) is 16.0. The number of aromatic nitrogens is 3. The maximum absolute atomic E-state index is 4.84. The van der Waals surface area contributed by atoms with E-state index < -0.39 is 0 Å². The Labute approximate surface area is 179 Å². The molecule has 0 atom stereocenters. The van der Waals surface area contributed by atoms with Crippen LogP contribution in [0.15, 0.2) is 29.4 Å². The molecule has 2 aromatic heterocycles. The Bertz CT molecular complexity index is 720. The molecule has 7 nitrogen and oxygen atoms in total.